The molecule has 2 fully saturated rings. The molecule has 0 radical (unpaired) electrons. The van der Waals surface area contributed by atoms with E-state index in [4.69, 9.17) is 11.6 Å². The van der Waals surface area contributed by atoms with E-state index in [2.05, 4.69) is 15.2 Å². The second-order valence-electron chi connectivity index (χ2n) is 7.19. The number of aromatic nitrogens is 1. The number of hydrogen-bond donors (Lipinski definition) is 1. The van der Waals surface area contributed by atoms with Crippen molar-refractivity contribution in [1.29, 1.82) is 0 Å². The lowest BCUT2D eigenvalue weighted by molar-refractivity contribution is -0.126. The number of hydrogen-bond acceptors (Lipinski definition) is 5. The van der Waals surface area contributed by atoms with E-state index in [1.807, 2.05) is 0 Å². The summed E-state index contributed by atoms with van der Waals surface area (Å²) in [5.41, 5.74) is 0. The number of nitrogens with zero attached hydrogens (tertiary/aromatic N) is 3. The van der Waals surface area contributed by atoms with Crippen LogP contribution >= 0.6 is 11.6 Å². The second-order valence-corrected chi connectivity index (χ2v) is 9.51. The Balaban J connectivity index is 1.42. The number of amides is 1. The third-order valence-corrected chi connectivity index (χ3v) is 7.42. The van der Waals surface area contributed by atoms with E-state index in [-0.39, 0.29) is 21.9 Å². The Labute approximate surface area is 166 Å². The first-order chi connectivity index (χ1) is 13.0. The number of likely N-dealkylation sites (tertiary alicyclic amines) is 1. The second kappa shape index (κ2) is 9.32. The number of piperidine rings is 1. The van der Waals surface area contributed by atoms with Gasteiger partial charge in [-0.05, 0) is 63.9 Å². The fraction of sp³-hybridized carbons (Fsp3) is 0.667. The summed E-state index contributed by atoms with van der Waals surface area (Å²) in [7, 11) is -3.58. The van der Waals surface area contributed by atoms with Crippen molar-refractivity contribution in [3.05, 3.63) is 23.5 Å². The van der Waals surface area contributed by atoms with Crippen LogP contribution in [-0.2, 0) is 14.8 Å². The number of carbonyl (C=O) groups is 1. The molecule has 1 aromatic rings. The fourth-order valence-corrected chi connectivity index (χ4v) is 5.21. The molecule has 0 spiro atoms. The van der Waals surface area contributed by atoms with Crippen LogP contribution < -0.4 is 5.32 Å². The first-order valence-corrected chi connectivity index (χ1v) is 11.4. The van der Waals surface area contributed by atoms with E-state index in [0.717, 1.165) is 13.0 Å². The zero-order chi connectivity index (χ0) is 19.3. The van der Waals surface area contributed by atoms with Gasteiger partial charge in [0.1, 0.15) is 10.0 Å². The average Bonchev–Trinajstić information content (AvgIpc) is 3.19. The molecule has 3 heterocycles. The van der Waals surface area contributed by atoms with Gasteiger partial charge in [0.2, 0.25) is 15.9 Å². The number of pyridine rings is 1. The maximum Gasteiger partial charge on any atom is 0.244 e. The normalized spacial score (nSPS) is 20.0. The van der Waals surface area contributed by atoms with E-state index in [0.29, 0.717) is 32.5 Å². The maximum atomic E-state index is 12.6. The molecule has 2 aliphatic rings. The van der Waals surface area contributed by atoms with Gasteiger partial charge >= 0.3 is 0 Å². The molecule has 7 nitrogen and oxygen atoms in total. The SMILES string of the molecule is O=C(NCCCN1CCCC1)C1CCN(S(=O)(=O)c2ccc(Cl)nc2)CC1. The summed E-state index contributed by atoms with van der Waals surface area (Å²) in [6, 6.07) is 2.93. The molecule has 150 valence electrons. The van der Waals surface area contributed by atoms with Gasteiger partial charge < -0.3 is 10.2 Å². The van der Waals surface area contributed by atoms with Crippen molar-refractivity contribution >= 4 is 27.5 Å². The topological polar surface area (TPSA) is 82.6 Å². The Morgan fingerprint density at radius 1 is 1.19 bits per heavy atom. The minimum atomic E-state index is -3.58. The highest BCUT2D eigenvalue weighted by atomic mass is 35.5. The van der Waals surface area contributed by atoms with Gasteiger partial charge in [-0.2, -0.15) is 4.31 Å². The lowest BCUT2D eigenvalue weighted by Gasteiger charge is -2.30. The Bertz CT molecular complexity index is 727. The standard InChI is InChI=1S/C18H27ClN4O3S/c19-17-5-4-16(14-21-17)27(25,26)23-12-6-15(7-13-23)18(24)20-8-3-11-22-9-1-2-10-22/h4-5,14-15H,1-3,6-13H2,(H,20,24). The Kier molecular flexibility index (Phi) is 7.08. The molecule has 3 rings (SSSR count). The first-order valence-electron chi connectivity index (χ1n) is 9.58. The molecule has 2 saturated heterocycles. The number of nitrogens with one attached hydrogen (secondary N) is 1. The molecule has 27 heavy (non-hydrogen) atoms. The van der Waals surface area contributed by atoms with Crippen LogP contribution in [0.2, 0.25) is 5.15 Å². The summed E-state index contributed by atoms with van der Waals surface area (Å²) in [5, 5.41) is 3.27. The van der Waals surface area contributed by atoms with Crippen LogP contribution in [0.1, 0.15) is 32.1 Å². The van der Waals surface area contributed by atoms with Gasteiger partial charge in [-0.1, -0.05) is 11.6 Å². The van der Waals surface area contributed by atoms with Crippen molar-refractivity contribution in [2.45, 2.75) is 37.0 Å². The predicted molar refractivity (Wildman–Crippen MR) is 104 cm³/mol. The van der Waals surface area contributed by atoms with E-state index in [1.165, 1.54) is 48.6 Å². The highest BCUT2D eigenvalue weighted by Crippen LogP contribution is 2.24. The van der Waals surface area contributed by atoms with Crippen molar-refractivity contribution in [1.82, 2.24) is 19.5 Å². The molecule has 2 aliphatic heterocycles. The van der Waals surface area contributed by atoms with Crippen molar-refractivity contribution in [3.8, 4) is 0 Å². The van der Waals surface area contributed by atoms with Crippen LogP contribution in [0, 0.1) is 5.92 Å². The third-order valence-electron chi connectivity index (χ3n) is 5.31. The lowest BCUT2D eigenvalue weighted by atomic mass is 9.97. The van der Waals surface area contributed by atoms with Crippen molar-refractivity contribution in [2.75, 3.05) is 39.3 Å². The molecule has 0 bridgehead atoms. The average molecular weight is 415 g/mol. The largest absolute Gasteiger partial charge is 0.356 e. The molecule has 0 unspecified atom stereocenters. The summed E-state index contributed by atoms with van der Waals surface area (Å²) in [6.45, 7) is 4.75. The number of carbonyl (C=O) groups excluding carboxylic acids is 1. The summed E-state index contributed by atoms with van der Waals surface area (Å²) in [5.74, 6) is -0.0757. The smallest absolute Gasteiger partial charge is 0.244 e. The number of halogens is 1. The fourth-order valence-electron chi connectivity index (χ4n) is 3.69. The molecule has 1 amide bonds. The maximum absolute atomic E-state index is 12.6. The summed E-state index contributed by atoms with van der Waals surface area (Å²) in [4.78, 5) is 18.8. The molecule has 1 aromatic heterocycles. The molecular weight excluding hydrogens is 388 g/mol. The van der Waals surface area contributed by atoms with Crippen molar-refractivity contribution in [2.24, 2.45) is 5.92 Å². The first kappa shape index (κ1) is 20.5. The Hall–Kier alpha value is -1.22. The molecular formula is C18H27ClN4O3S. The highest BCUT2D eigenvalue weighted by molar-refractivity contribution is 7.89. The van der Waals surface area contributed by atoms with Crippen LogP contribution in [0.5, 0.6) is 0 Å². The Morgan fingerprint density at radius 3 is 2.52 bits per heavy atom. The Morgan fingerprint density at radius 2 is 1.89 bits per heavy atom. The number of sulfonamides is 1. The molecule has 1 N–H and O–H groups in total. The van der Waals surface area contributed by atoms with Crippen LogP contribution in [0.3, 0.4) is 0 Å². The van der Waals surface area contributed by atoms with E-state index in [9.17, 15) is 13.2 Å². The predicted octanol–water partition coefficient (Wildman–Crippen LogP) is 1.74. The minimum absolute atomic E-state index is 0.0432. The monoisotopic (exact) mass is 414 g/mol. The van der Waals surface area contributed by atoms with Crippen LogP contribution in [-0.4, -0.2) is 67.8 Å². The van der Waals surface area contributed by atoms with Gasteiger partial charge in [0.15, 0.2) is 0 Å². The van der Waals surface area contributed by atoms with Crippen LogP contribution in [0.25, 0.3) is 0 Å². The highest BCUT2D eigenvalue weighted by Gasteiger charge is 2.32. The lowest BCUT2D eigenvalue weighted by Crippen LogP contribution is -2.43. The zero-order valence-electron chi connectivity index (χ0n) is 15.4. The van der Waals surface area contributed by atoms with Gasteiger partial charge in [0.25, 0.3) is 0 Å². The van der Waals surface area contributed by atoms with E-state index in [1.54, 1.807) is 0 Å². The minimum Gasteiger partial charge on any atom is -0.356 e. The van der Waals surface area contributed by atoms with Gasteiger partial charge in [0, 0.05) is 31.7 Å². The number of rotatable bonds is 7. The van der Waals surface area contributed by atoms with Gasteiger partial charge in [0.05, 0.1) is 0 Å². The molecule has 0 aromatic carbocycles. The van der Waals surface area contributed by atoms with Crippen molar-refractivity contribution < 1.29 is 13.2 Å². The molecule has 0 aliphatic carbocycles. The quantitative estimate of drug-likeness (QED) is 0.542. The van der Waals surface area contributed by atoms with Gasteiger partial charge in [-0.25, -0.2) is 13.4 Å². The van der Waals surface area contributed by atoms with Gasteiger partial charge in [-0.15, -0.1) is 0 Å². The van der Waals surface area contributed by atoms with Crippen LogP contribution in [0.4, 0.5) is 0 Å². The van der Waals surface area contributed by atoms with Crippen LogP contribution in [0.15, 0.2) is 23.2 Å². The van der Waals surface area contributed by atoms with E-state index < -0.39 is 10.0 Å². The third kappa shape index (κ3) is 5.40. The summed E-state index contributed by atoms with van der Waals surface area (Å²) in [6.07, 6.45) is 5.87. The summed E-state index contributed by atoms with van der Waals surface area (Å²) < 4.78 is 26.7. The summed E-state index contributed by atoms with van der Waals surface area (Å²) >= 11 is 5.72. The van der Waals surface area contributed by atoms with Crippen molar-refractivity contribution in [3.63, 3.8) is 0 Å². The van der Waals surface area contributed by atoms with E-state index >= 15 is 0 Å². The van der Waals surface area contributed by atoms with Gasteiger partial charge in [-0.3, -0.25) is 4.79 Å². The zero-order valence-corrected chi connectivity index (χ0v) is 17.0. The molecule has 0 atom stereocenters. The molecule has 9 heteroatoms. The molecule has 0 saturated carbocycles.